The van der Waals surface area contributed by atoms with Gasteiger partial charge in [-0.15, -0.1) is 11.8 Å². The van der Waals surface area contributed by atoms with E-state index in [1.807, 2.05) is 18.9 Å². The maximum absolute atomic E-state index is 5.62. The number of hydrogen-bond acceptors (Lipinski definition) is 2. The van der Waals surface area contributed by atoms with Crippen molar-refractivity contribution in [2.24, 2.45) is 5.92 Å². The van der Waals surface area contributed by atoms with Crippen LogP contribution in [0.2, 0.25) is 0 Å². The van der Waals surface area contributed by atoms with Gasteiger partial charge < -0.3 is 4.74 Å². The van der Waals surface area contributed by atoms with Crippen LogP contribution < -0.4 is 0 Å². The SMILES string of the molecule is CO[C@]1(C)CC=C[C@@H](CSc2ccc(C)cc2)C1. The Morgan fingerprint density at radius 1 is 1.33 bits per heavy atom. The molecule has 0 radical (unpaired) electrons. The smallest absolute Gasteiger partial charge is 0.0690 e. The van der Waals surface area contributed by atoms with E-state index in [0.29, 0.717) is 5.92 Å². The van der Waals surface area contributed by atoms with Crippen LogP contribution in [0.5, 0.6) is 0 Å². The number of benzene rings is 1. The quantitative estimate of drug-likeness (QED) is 0.585. The Labute approximate surface area is 115 Å². The summed E-state index contributed by atoms with van der Waals surface area (Å²) in [4.78, 5) is 1.36. The lowest BCUT2D eigenvalue weighted by Crippen LogP contribution is -2.32. The summed E-state index contributed by atoms with van der Waals surface area (Å²) in [6.07, 6.45) is 6.78. The summed E-state index contributed by atoms with van der Waals surface area (Å²) in [5.41, 5.74) is 1.36. The summed E-state index contributed by atoms with van der Waals surface area (Å²) in [6.45, 7) is 4.34. The summed E-state index contributed by atoms with van der Waals surface area (Å²) in [5, 5.41) is 0. The third-order valence-corrected chi connectivity index (χ3v) is 4.83. The molecule has 98 valence electrons. The van der Waals surface area contributed by atoms with Crippen LogP contribution in [0.4, 0.5) is 0 Å². The molecule has 0 spiro atoms. The van der Waals surface area contributed by atoms with Crippen LogP contribution in [0.3, 0.4) is 0 Å². The van der Waals surface area contributed by atoms with Crippen molar-refractivity contribution in [1.29, 1.82) is 0 Å². The van der Waals surface area contributed by atoms with Gasteiger partial charge in [-0.3, -0.25) is 0 Å². The van der Waals surface area contributed by atoms with Gasteiger partial charge in [-0.25, -0.2) is 0 Å². The second-order valence-corrected chi connectivity index (χ2v) is 6.47. The third-order valence-electron chi connectivity index (χ3n) is 3.63. The highest BCUT2D eigenvalue weighted by molar-refractivity contribution is 7.99. The summed E-state index contributed by atoms with van der Waals surface area (Å²) in [6, 6.07) is 8.78. The fourth-order valence-electron chi connectivity index (χ4n) is 2.33. The average molecular weight is 262 g/mol. The van der Waals surface area contributed by atoms with Crippen LogP contribution in [0, 0.1) is 12.8 Å². The van der Waals surface area contributed by atoms with Crippen LogP contribution in [-0.2, 0) is 4.74 Å². The lowest BCUT2D eigenvalue weighted by atomic mass is 9.85. The zero-order valence-electron chi connectivity index (χ0n) is 11.5. The van der Waals surface area contributed by atoms with E-state index in [4.69, 9.17) is 4.74 Å². The molecule has 0 fully saturated rings. The van der Waals surface area contributed by atoms with Crippen LogP contribution >= 0.6 is 11.8 Å². The first kappa shape index (κ1) is 13.7. The number of hydrogen-bond donors (Lipinski definition) is 0. The Hall–Kier alpha value is -0.730. The minimum atomic E-state index is 0.0350. The van der Waals surface area contributed by atoms with Crippen molar-refractivity contribution in [1.82, 2.24) is 0 Å². The molecule has 0 bridgehead atoms. The van der Waals surface area contributed by atoms with Gasteiger partial charge >= 0.3 is 0 Å². The maximum atomic E-state index is 5.62. The Kier molecular flexibility index (Phi) is 4.52. The average Bonchev–Trinajstić information content (AvgIpc) is 2.38. The number of ether oxygens (including phenoxy) is 1. The summed E-state index contributed by atoms with van der Waals surface area (Å²) >= 11 is 1.94. The Morgan fingerprint density at radius 3 is 2.72 bits per heavy atom. The monoisotopic (exact) mass is 262 g/mol. The van der Waals surface area contributed by atoms with Gasteiger partial charge in [-0.1, -0.05) is 29.8 Å². The van der Waals surface area contributed by atoms with Gasteiger partial charge in [-0.05, 0) is 44.7 Å². The molecule has 0 aliphatic heterocycles. The zero-order chi connectivity index (χ0) is 13.0. The van der Waals surface area contributed by atoms with E-state index < -0.39 is 0 Å². The summed E-state index contributed by atoms with van der Waals surface area (Å²) in [7, 11) is 1.82. The van der Waals surface area contributed by atoms with Gasteiger partial charge in [-0.2, -0.15) is 0 Å². The van der Waals surface area contributed by atoms with Crippen molar-refractivity contribution in [2.75, 3.05) is 12.9 Å². The van der Waals surface area contributed by atoms with Crippen molar-refractivity contribution in [3.63, 3.8) is 0 Å². The fourth-order valence-corrected chi connectivity index (χ4v) is 3.30. The molecule has 0 aromatic heterocycles. The van der Waals surface area contributed by atoms with Crippen LogP contribution in [-0.4, -0.2) is 18.5 Å². The molecule has 1 aliphatic carbocycles. The molecule has 0 amide bonds. The van der Waals surface area contributed by atoms with E-state index in [1.54, 1.807) is 0 Å². The van der Waals surface area contributed by atoms with Gasteiger partial charge in [0.05, 0.1) is 5.60 Å². The van der Waals surface area contributed by atoms with Crippen molar-refractivity contribution < 1.29 is 4.74 Å². The number of thioether (sulfide) groups is 1. The molecular weight excluding hydrogens is 240 g/mol. The molecule has 1 aromatic rings. The molecule has 0 saturated heterocycles. The predicted octanol–water partition coefficient (Wildman–Crippen LogP) is 4.46. The Bertz CT molecular complexity index is 410. The summed E-state index contributed by atoms with van der Waals surface area (Å²) in [5.74, 6) is 1.76. The lowest BCUT2D eigenvalue weighted by Gasteiger charge is -2.33. The van der Waals surface area contributed by atoms with Crippen molar-refractivity contribution in [3.05, 3.63) is 42.0 Å². The van der Waals surface area contributed by atoms with Gasteiger partial charge in [0, 0.05) is 17.8 Å². The molecule has 1 aromatic carbocycles. The van der Waals surface area contributed by atoms with Crippen molar-refractivity contribution in [2.45, 2.75) is 37.2 Å². The molecule has 0 saturated carbocycles. The fraction of sp³-hybridized carbons (Fsp3) is 0.500. The molecule has 2 rings (SSSR count). The van der Waals surface area contributed by atoms with Gasteiger partial charge in [0.1, 0.15) is 0 Å². The lowest BCUT2D eigenvalue weighted by molar-refractivity contribution is -0.00933. The summed E-state index contributed by atoms with van der Waals surface area (Å²) < 4.78 is 5.62. The highest BCUT2D eigenvalue weighted by Gasteiger charge is 2.28. The first-order valence-electron chi connectivity index (χ1n) is 6.53. The van der Waals surface area contributed by atoms with E-state index in [0.717, 1.165) is 18.6 Å². The predicted molar refractivity (Wildman–Crippen MR) is 79.2 cm³/mol. The van der Waals surface area contributed by atoms with Gasteiger partial charge in [0.15, 0.2) is 0 Å². The topological polar surface area (TPSA) is 9.23 Å². The van der Waals surface area contributed by atoms with E-state index in [-0.39, 0.29) is 5.60 Å². The number of rotatable bonds is 4. The third kappa shape index (κ3) is 3.63. The minimum absolute atomic E-state index is 0.0350. The standard InChI is InChI=1S/C16H22OS/c1-13-6-8-15(9-7-13)18-12-14-5-4-10-16(2,11-14)17-3/h4-9,14H,10-12H2,1-3H3/t14-,16-/m1/s1. The molecule has 0 unspecified atom stereocenters. The Balaban J connectivity index is 1.89. The molecule has 0 N–H and O–H groups in total. The second-order valence-electron chi connectivity index (χ2n) is 5.37. The second kappa shape index (κ2) is 5.94. The zero-order valence-corrected chi connectivity index (χ0v) is 12.3. The van der Waals surface area contributed by atoms with E-state index in [9.17, 15) is 0 Å². The Morgan fingerprint density at radius 2 is 2.06 bits per heavy atom. The van der Waals surface area contributed by atoms with E-state index >= 15 is 0 Å². The minimum Gasteiger partial charge on any atom is -0.378 e. The molecule has 18 heavy (non-hydrogen) atoms. The first-order valence-corrected chi connectivity index (χ1v) is 7.51. The van der Waals surface area contributed by atoms with Gasteiger partial charge in [0.25, 0.3) is 0 Å². The normalized spacial score (nSPS) is 27.4. The van der Waals surface area contributed by atoms with Crippen molar-refractivity contribution >= 4 is 11.8 Å². The number of methoxy groups -OCH3 is 1. The van der Waals surface area contributed by atoms with Gasteiger partial charge in [0.2, 0.25) is 0 Å². The van der Waals surface area contributed by atoms with Crippen molar-refractivity contribution in [3.8, 4) is 0 Å². The van der Waals surface area contributed by atoms with E-state index in [1.165, 1.54) is 10.5 Å². The maximum Gasteiger partial charge on any atom is 0.0690 e. The number of allylic oxidation sites excluding steroid dienone is 1. The molecule has 1 aliphatic rings. The highest BCUT2D eigenvalue weighted by atomic mass is 32.2. The largest absolute Gasteiger partial charge is 0.378 e. The van der Waals surface area contributed by atoms with E-state index in [2.05, 4.69) is 50.3 Å². The molecular formula is C16H22OS. The highest BCUT2D eigenvalue weighted by Crippen LogP contribution is 2.33. The number of aryl methyl sites for hydroxylation is 1. The van der Waals surface area contributed by atoms with Crippen LogP contribution in [0.1, 0.15) is 25.3 Å². The van der Waals surface area contributed by atoms with Crippen LogP contribution in [0.15, 0.2) is 41.3 Å². The molecule has 2 atom stereocenters. The first-order chi connectivity index (χ1) is 8.61. The molecule has 0 heterocycles. The molecule has 1 nitrogen and oxygen atoms in total. The van der Waals surface area contributed by atoms with Crippen LogP contribution in [0.25, 0.3) is 0 Å². The molecule has 2 heteroatoms.